The van der Waals surface area contributed by atoms with Crippen LogP contribution in [0.15, 0.2) is 36.4 Å². The average Bonchev–Trinajstić information content (AvgIpc) is 2.31. The zero-order valence-electron chi connectivity index (χ0n) is 9.84. The second-order valence-electron chi connectivity index (χ2n) is 4.25. The molecule has 1 atom stereocenters. The van der Waals surface area contributed by atoms with Crippen molar-refractivity contribution in [1.29, 1.82) is 0 Å². The van der Waals surface area contributed by atoms with Crippen LogP contribution in [-0.4, -0.2) is 0 Å². The van der Waals surface area contributed by atoms with Gasteiger partial charge in [-0.05, 0) is 41.8 Å². The van der Waals surface area contributed by atoms with Gasteiger partial charge in [0.05, 0.1) is 0 Å². The number of hydrogen-bond donors (Lipinski definition) is 1. The Hall–Kier alpha value is -1.52. The molecule has 0 bridgehead atoms. The van der Waals surface area contributed by atoms with Gasteiger partial charge in [-0.2, -0.15) is 0 Å². The van der Waals surface area contributed by atoms with Gasteiger partial charge in [0.1, 0.15) is 17.5 Å². The van der Waals surface area contributed by atoms with E-state index in [0.29, 0.717) is 5.56 Å². The fourth-order valence-corrected chi connectivity index (χ4v) is 1.99. The van der Waals surface area contributed by atoms with Crippen LogP contribution in [0.4, 0.5) is 13.2 Å². The number of hydrogen-bond acceptors (Lipinski definition) is 1. The summed E-state index contributed by atoms with van der Waals surface area (Å²) in [6, 6.07) is 6.57. The Kier molecular flexibility index (Phi) is 4.12. The SMILES string of the molecule is NC(Cc1ccc(Cl)cc1F)c1cc(F)cc(F)c1. The Labute approximate surface area is 113 Å². The van der Waals surface area contributed by atoms with Crippen LogP contribution in [0, 0.1) is 17.5 Å². The minimum Gasteiger partial charge on any atom is -0.324 e. The van der Waals surface area contributed by atoms with E-state index in [1.807, 2.05) is 0 Å². The summed E-state index contributed by atoms with van der Waals surface area (Å²) in [6.07, 6.45) is 0.131. The highest BCUT2D eigenvalue weighted by Crippen LogP contribution is 2.22. The molecule has 0 heterocycles. The highest BCUT2D eigenvalue weighted by Gasteiger charge is 2.13. The lowest BCUT2D eigenvalue weighted by molar-refractivity contribution is 0.567. The summed E-state index contributed by atoms with van der Waals surface area (Å²) in [5.74, 6) is -1.90. The fraction of sp³-hybridized carbons (Fsp3) is 0.143. The molecule has 2 aromatic rings. The normalized spacial score (nSPS) is 12.5. The first-order valence-electron chi connectivity index (χ1n) is 5.61. The maximum Gasteiger partial charge on any atom is 0.127 e. The number of halogens is 4. The molecular formula is C14H11ClF3N. The molecule has 5 heteroatoms. The summed E-state index contributed by atoms with van der Waals surface area (Å²) in [5.41, 5.74) is 6.47. The van der Waals surface area contributed by atoms with Crippen LogP contribution in [-0.2, 0) is 6.42 Å². The summed E-state index contributed by atoms with van der Waals surface area (Å²) in [4.78, 5) is 0. The molecule has 2 rings (SSSR count). The maximum absolute atomic E-state index is 13.6. The monoisotopic (exact) mass is 285 g/mol. The molecule has 0 radical (unpaired) electrons. The third-order valence-electron chi connectivity index (χ3n) is 2.77. The zero-order valence-corrected chi connectivity index (χ0v) is 10.6. The lowest BCUT2D eigenvalue weighted by atomic mass is 9.99. The van der Waals surface area contributed by atoms with E-state index < -0.39 is 23.5 Å². The summed E-state index contributed by atoms with van der Waals surface area (Å²) in [6.45, 7) is 0. The van der Waals surface area contributed by atoms with Crippen molar-refractivity contribution in [3.63, 3.8) is 0 Å². The summed E-state index contributed by atoms with van der Waals surface area (Å²) in [5, 5.41) is 0.284. The Morgan fingerprint density at radius 2 is 1.63 bits per heavy atom. The topological polar surface area (TPSA) is 26.0 Å². The quantitative estimate of drug-likeness (QED) is 0.906. The summed E-state index contributed by atoms with van der Waals surface area (Å²) < 4.78 is 39.7. The maximum atomic E-state index is 13.6. The van der Waals surface area contributed by atoms with E-state index in [2.05, 4.69) is 0 Å². The Morgan fingerprint density at radius 3 is 2.21 bits per heavy atom. The van der Waals surface area contributed by atoms with Crippen molar-refractivity contribution in [3.8, 4) is 0 Å². The van der Waals surface area contributed by atoms with E-state index in [9.17, 15) is 13.2 Å². The predicted molar refractivity (Wildman–Crippen MR) is 68.4 cm³/mol. The van der Waals surface area contributed by atoms with Gasteiger partial charge in [-0.1, -0.05) is 17.7 Å². The lowest BCUT2D eigenvalue weighted by Gasteiger charge is -2.13. The van der Waals surface area contributed by atoms with E-state index in [4.69, 9.17) is 17.3 Å². The van der Waals surface area contributed by atoms with E-state index in [1.54, 1.807) is 6.07 Å². The first kappa shape index (κ1) is 13.9. The van der Waals surface area contributed by atoms with Gasteiger partial charge in [0.25, 0.3) is 0 Å². The molecule has 0 aromatic heterocycles. The van der Waals surface area contributed by atoms with Gasteiger partial charge in [-0.15, -0.1) is 0 Å². The predicted octanol–water partition coefficient (Wildman–Crippen LogP) is 4.00. The molecule has 2 aromatic carbocycles. The molecule has 2 N–H and O–H groups in total. The molecule has 0 aliphatic carbocycles. The van der Waals surface area contributed by atoms with Gasteiger partial charge >= 0.3 is 0 Å². The van der Waals surface area contributed by atoms with Crippen molar-refractivity contribution >= 4 is 11.6 Å². The van der Waals surface area contributed by atoms with E-state index in [0.717, 1.165) is 18.2 Å². The van der Waals surface area contributed by atoms with Crippen LogP contribution < -0.4 is 5.73 Å². The first-order chi connectivity index (χ1) is 8.95. The molecule has 0 spiro atoms. The molecule has 100 valence electrons. The molecule has 19 heavy (non-hydrogen) atoms. The van der Waals surface area contributed by atoms with Gasteiger partial charge in [0, 0.05) is 17.1 Å². The van der Waals surface area contributed by atoms with Crippen molar-refractivity contribution < 1.29 is 13.2 Å². The second-order valence-corrected chi connectivity index (χ2v) is 4.69. The molecule has 0 saturated heterocycles. The number of benzene rings is 2. The van der Waals surface area contributed by atoms with Crippen LogP contribution in [0.5, 0.6) is 0 Å². The first-order valence-corrected chi connectivity index (χ1v) is 5.99. The fourth-order valence-electron chi connectivity index (χ4n) is 1.83. The molecule has 0 saturated carbocycles. The third-order valence-corrected chi connectivity index (χ3v) is 3.00. The van der Waals surface area contributed by atoms with Gasteiger partial charge in [0.15, 0.2) is 0 Å². The van der Waals surface area contributed by atoms with Crippen molar-refractivity contribution in [2.45, 2.75) is 12.5 Å². The molecule has 1 unspecified atom stereocenters. The van der Waals surface area contributed by atoms with Gasteiger partial charge in [-0.3, -0.25) is 0 Å². The summed E-state index contributed by atoms with van der Waals surface area (Å²) >= 11 is 5.64. The molecular weight excluding hydrogens is 275 g/mol. The van der Waals surface area contributed by atoms with Gasteiger partial charge < -0.3 is 5.73 Å². The third kappa shape index (κ3) is 3.49. The van der Waals surface area contributed by atoms with E-state index >= 15 is 0 Å². The minimum absolute atomic E-state index is 0.131. The standard InChI is InChI=1S/C14H11ClF3N/c15-10-2-1-8(13(18)6-10)5-14(19)9-3-11(16)7-12(17)4-9/h1-4,6-7,14H,5,19H2. The van der Waals surface area contributed by atoms with Crippen LogP contribution in [0.1, 0.15) is 17.2 Å². The van der Waals surface area contributed by atoms with Crippen molar-refractivity contribution in [3.05, 3.63) is 70.0 Å². The van der Waals surface area contributed by atoms with Crippen LogP contribution in [0.25, 0.3) is 0 Å². The highest BCUT2D eigenvalue weighted by atomic mass is 35.5. The Morgan fingerprint density at radius 1 is 1.00 bits per heavy atom. The van der Waals surface area contributed by atoms with E-state index in [1.165, 1.54) is 12.1 Å². The Balaban J connectivity index is 2.22. The summed E-state index contributed by atoms with van der Waals surface area (Å²) in [7, 11) is 0. The molecule has 0 fully saturated rings. The molecule has 0 aliphatic rings. The van der Waals surface area contributed by atoms with Crippen molar-refractivity contribution in [1.82, 2.24) is 0 Å². The lowest BCUT2D eigenvalue weighted by Crippen LogP contribution is -2.14. The van der Waals surface area contributed by atoms with Crippen LogP contribution in [0.3, 0.4) is 0 Å². The van der Waals surface area contributed by atoms with Gasteiger partial charge in [-0.25, -0.2) is 13.2 Å². The zero-order chi connectivity index (χ0) is 14.0. The molecule has 1 nitrogen and oxygen atoms in total. The molecule has 0 aliphatic heterocycles. The molecule has 0 amide bonds. The minimum atomic E-state index is -0.706. The largest absolute Gasteiger partial charge is 0.324 e. The average molecular weight is 286 g/mol. The highest BCUT2D eigenvalue weighted by molar-refractivity contribution is 6.30. The number of rotatable bonds is 3. The van der Waals surface area contributed by atoms with Crippen molar-refractivity contribution in [2.75, 3.05) is 0 Å². The Bertz CT molecular complexity index is 581. The van der Waals surface area contributed by atoms with E-state index in [-0.39, 0.29) is 17.0 Å². The smallest absolute Gasteiger partial charge is 0.127 e. The number of nitrogens with two attached hydrogens (primary N) is 1. The van der Waals surface area contributed by atoms with Crippen LogP contribution in [0.2, 0.25) is 5.02 Å². The second kappa shape index (κ2) is 5.63. The van der Waals surface area contributed by atoms with Crippen molar-refractivity contribution in [2.24, 2.45) is 5.73 Å². The van der Waals surface area contributed by atoms with Crippen LogP contribution >= 0.6 is 11.6 Å². The van der Waals surface area contributed by atoms with Gasteiger partial charge in [0.2, 0.25) is 0 Å².